The van der Waals surface area contributed by atoms with Crippen molar-refractivity contribution in [2.45, 2.75) is 52.3 Å². The molecule has 2 atom stereocenters. The Morgan fingerprint density at radius 1 is 1.19 bits per heavy atom. The number of carbonyl (C=O) groups is 3. The summed E-state index contributed by atoms with van der Waals surface area (Å²) in [6.07, 6.45) is 2.51. The number of hydrogen-bond donors (Lipinski definition) is 5. The fraction of sp³-hybridized carbons (Fsp3) is 0.476. The average molecular weight is 446 g/mol. The van der Waals surface area contributed by atoms with Gasteiger partial charge >= 0.3 is 6.03 Å². The van der Waals surface area contributed by atoms with E-state index in [4.69, 9.17) is 5.73 Å². The number of nitrogens with one attached hydrogen (secondary N) is 3. The fourth-order valence-corrected chi connectivity index (χ4v) is 3.20. The molecular weight excluding hydrogens is 414 g/mol. The summed E-state index contributed by atoms with van der Waals surface area (Å²) in [5.41, 5.74) is 6.96. The number of aliphatic hydroxyl groups excluding tert-OH is 1. The van der Waals surface area contributed by atoms with Gasteiger partial charge in [0.25, 0.3) is 0 Å². The van der Waals surface area contributed by atoms with Crippen molar-refractivity contribution in [2.75, 3.05) is 11.9 Å². The van der Waals surface area contributed by atoms with Crippen molar-refractivity contribution in [1.82, 2.24) is 25.6 Å². The van der Waals surface area contributed by atoms with Crippen LogP contribution in [0.25, 0.3) is 0 Å². The van der Waals surface area contributed by atoms with E-state index in [0.717, 1.165) is 5.56 Å². The summed E-state index contributed by atoms with van der Waals surface area (Å²) >= 11 is 0. The van der Waals surface area contributed by atoms with Gasteiger partial charge < -0.3 is 26.8 Å². The van der Waals surface area contributed by atoms with E-state index in [1.807, 2.05) is 13.8 Å². The summed E-state index contributed by atoms with van der Waals surface area (Å²) in [7, 11) is 0. The smallest absolute Gasteiger partial charge is 0.312 e. The van der Waals surface area contributed by atoms with Gasteiger partial charge in [-0.2, -0.15) is 0 Å². The van der Waals surface area contributed by atoms with E-state index in [1.54, 1.807) is 30.5 Å². The third-order valence-corrected chi connectivity index (χ3v) is 4.85. The van der Waals surface area contributed by atoms with Gasteiger partial charge in [-0.1, -0.05) is 31.2 Å². The lowest BCUT2D eigenvalue weighted by Gasteiger charge is -2.19. The van der Waals surface area contributed by atoms with Crippen LogP contribution in [0.15, 0.2) is 30.5 Å². The van der Waals surface area contributed by atoms with Crippen molar-refractivity contribution in [3.8, 4) is 0 Å². The van der Waals surface area contributed by atoms with Crippen molar-refractivity contribution in [1.29, 1.82) is 0 Å². The lowest BCUT2D eigenvalue weighted by molar-refractivity contribution is -0.120. The molecule has 174 valence electrons. The molecule has 11 heteroatoms. The number of aliphatic hydroxyl groups is 1. The van der Waals surface area contributed by atoms with Gasteiger partial charge in [0.2, 0.25) is 11.8 Å². The first-order chi connectivity index (χ1) is 15.2. The molecule has 0 bridgehead atoms. The fourth-order valence-electron chi connectivity index (χ4n) is 3.20. The number of amides is 4. The van der Waals surface area contributed by atoms with Crippen molar-refractivity contribution in [3.63, 3.8) is 0 Å². The highest BCUT2D eigenvalue weighted by molar-refractivity contribution is 5.93. The Morgan fingerprint density at radius 2 is 1.88 bits per heavy atom. The molecule has 0 saturated heterocycles. The van der Waals surface area contributed by atoms with Crippen LogP contribution in [-0.4, -0.2) is 44.5 Å². The number of rotatable bonds is 11. The molecule has 32 heavy (non-hydrogen) atoms. The SMILES string of the molecule is CC(=O)NC(c1cn(C(CCCNC(N)=O)C(=O)Nc2ccc(CO)cc2)nn1)C(C)C. The van der Waals surface area contributed by atoms with E-state index in [-0.39, 0.29) is 30.4 Å². The van der Waals surface area contributed by atoms with E-state index in [1.165, 1.54) is 11.6 Å². The molecule has 4 amide bonds. The molecule has 6 N–H and O–H groups in total. The molecule has 0 spiro atoms. The number of benzene rings is 1. The molecule has 0 fully saturated rings. The molecule has 0 aliphatic rings. The summed E-state index contributed by atoms with van der Waals surface area (Å²) in [4.78, 5) is 35.5. The highest BCUT2D eigenvalue weighted by Crippen LogP contribution is 2.22. The van der Waals surface area contributed by atoms with Crippen molar-refractivity contribution >= 4 is 23.5 Å². The first kappa shape index (κ1) is 24.8. The van der Waals surface area contributed by atoms with Crippen LogP contribution < -0.4 is 21.7 Å². The van der Waals surface area contributed by atoms with E-state index in [0.29, 0.717) is 30.8 Å². The number of nitrogens with two attached hydrogens (primary N) is 1. The predicted octanol–water partition coefficient (Wildman–Crippen LogP) is 1.23. The number of carbonyl (C=O) groups excluding carboxylic acids is 3. The Balaban J connectivity index is 2.21. The van der Waals surface area contributed by atoms with Gasteiger partial charge in [0.15, 0.2) is 0 Å². The van der Waals surface area contributed by atoms with Crippen LogP contribution in [0, 0.1) is 5.92 Å². The number of hydrogen-bond acceptors (Lipinski definition) is 6. The Morgan fingerprint density at radius 3 is 2.44 bits per heavy atom. The summed E-state index contributed by atoms with van der Waals surface area (Å²) in [6.45, 7) is 5.57. The monoisotopic (exact) mass is 445 g/mol. The molecule has 0 radical (unpaired) electrons. The maximum Gasteiger partial charge on any atom is 0.312 e. The predicted molar refractivity (Wildman–Crippen MR) is 118 cm³/mol. The third kappa shape index (κ3) is 7.34. The molecule has 0 saturated carbocycles. The Kier molecular flexibility index (Phi) is 9.14. The first-order valence-electron chi connectivity index (χ1n) is 10.4. The maximum absolute atomic E-state index is 13.1. The molecule has 1 aromatic carbocycles. The quantitative estimate of drug-likeness (QED) is 0.326. The van der Waals surface area contributed by atoms with Crippen LogP contribution in [0.1, 0.15) is 57.0 Å². The Hall–Kier alpha value is -3.47. The number of primary amides is 1. The van der Waals surface area contributed by atoms with Crippen LogP contribution in [0.3, 0.4) is 0 Å². The van der Waals surface area contributed by atoms with Crippen LogP contribution in [0.2, 0.25) is 0 Å². The molecule has 2 rings (SSSR count). The summed E-state index contributed by atoms with van der Waals surface area (Å²) < 4.78 is 1.47. The van der Waals surface area contributed by atoms with E-state index in [9.17, 15) is 19.5 Å². The minimum absolute atomic E-state index is 0.0705. The number of aromatic nitrogens is 3. The number of nitrogens with zero attached hydrogens (tertiary/aromatic N) is 3. The molecule has 1 heterocycles. The van der Waals surface area contributed by atoms with Gasteiger partial charge in [-0.25, -0.2) is 9.48 Å². The zero-order chi connectivity index (χ0) is 23.7. The minimum atomic E-state index is -0.700. The minimum Gasteiger partial charge on any atom is -0.392 e. The summed E-state index contributed by atoms with van der Waals surface area (Å²) in [6, 6.07) is 5.17. The van der Waals surface area contributed by atoms with Crippen molar-refractivity contribution in [2.24, 2.45) is 11.7 Å². The highest BCUT2D eigenvalue weighted by Gasteiger charge is 2.25. The second-order valence-corrected chi connectivity index (χ2v) is 7.84. The third-order valence-electron chi connectivity index (χ3n) is 4.85. The standard InChI is InChI=1S/C21H31N7O4/c1-13(2)19(24-14(3)30)17-11-28(27-26-17)18(5-4-10-23-21(22)32)20(31)25-16-8-6-15(12-29)7-9-16/h6-9,11,13,18-19,29H,4-5,10,12H2,1-3H3,(H,24,30)(H,25,31)(H3,22,23,32). The highest BCUT2D eigenvalue weighted by atomic mass is 16.3. The first-order valence-corrected chi connectivity index (χ1v) is 10.4. The van der Waals surface area contributed by atoms with Crippen molar-refractivity contribution < 1.29 is 19.5 Å². The van der Waals surface area contributed by atoms with Gasteiger partial charge in [-0.15, -0.1) is 5.10 Å². The average Bonchev–Trinajstić information content (AvgIpc) is 3.21. The van der Waals surface area contributed by atoms with Crippen LogP contribution in [-0.2, 0) is 16.2 Å². The van der Waals surface area contributed by atoms with Gasteiger partial charge in [0, 0.05) is 19.2 Å². The normalized spacial score (nSPS) is 12.8. The summed E-state index contributed by atoms with van der Waals surface area (Å²) in [5, 5.41) is 25.7. The Labute approximate surface area is 186 Å². The Bertz CT molecular complexity index is 911. The lowest BCUT2D eigenvalue weighted by Crippen LogP contribution is -2.32. The molecule has 0 aliphatic carbocycles. The summed E-state index contributed by atoms with van der Waals surface area (Å²) in [5.74, 6) is -0.421. The van der Waals surface area contributed by atoms with Gasteiger partial charge in [-0.05, 0) is 36.5 Å². The van der Waals surface area contributed by atoms with Gasteiger partial charge in [0.1, 0.15) is 11.7 Å². The number of urea groups is 1. The van der Waals surface area contributed by atoms with E-state index < -0.39 is 12.1 Å². The van der Waals surface area contributed by atoms with Crippen LogP contribution >= 0.6 is 0 Å². The zero-order valence-electron chi connectivity index (χ0n) is 18.5. The second kappa shape index (κ2) is 11.8. The van der Waals surface area contributed by atoms with Crippen LogP contribution in [0.5, 0.6) is 0 Å². The second-order valence-electron chi connectivity index (χ2n) is 7.84. The van der Waals surface area contributed by atoms with Crippen LogP contribution in [0.4, 0.5) is 10.5 Å². The topological polar surface area (TPSA) is 164 Å². The molecule has 1 aromatic heterocycles. The molecular formula is C21H31N7O4. The molecule has 0 aliphatic heterocycles. The van der Waals surface area contributed by atoms with Gasteiger partial charge in [0.05, 0.1) is 18.8 Å². The van der Waals surface area contributed by atoms with E-state index >= 15 is 0 Å². The maximum atomic E-state index is 13.1. The largest absolute Gasteiger partial charge is 0.392 e. The number of anilines is 1. The van der Waals surface area contributed by atoms with E-state index in [2.05, 4.69) is 26.3 Å². The van der Waals surface area contributed by atoms with Crippen molar-refractivity contribution in [3.05, 3.63) is 41.7 Å². The zero-order valence-corrected chi connectivity index (χ0v) is 18.5. The molecule has 11 nitrogen and oxygen atoms in total. The lowest BCUT2D eigenvalue weighted by atomic mass is 10.0. The molecule has 2 unspecified atom stereocenters. The molecule has 2 aromatic rings. The van der Waals surface area contributed by atoms with Gasteiger partial charge in [-0.3, -0.25) is 9.59 Å².